The van der Waals surface area contributed by atoms with Crippen molar-refractivity contribution in [2.45, 2.75) is 13.5 Å². The SMILES string of the molecule is Cc1ccc(CNC(=O)c2ccc(Cl)c(N)c2)cn1. The number of carbonyl (C=O) groups excluding carboxylic acids is 1. The Morgan fingerprint density at radius 3 is 2.79 bits per heavy atom. The van der Waals surface area contributed by atoms with E-state index in [-0.39, 0.29) is 5.91 Å². The van der Waals surface area contributed by atoms with Crippen molar-refractivity contribution < 1.29 is 4.79 Å². The Balaban J connectivity index is 2.01. The van der Waals surface area contributed by atoms with Gasteiger partial charge in [0.25, 0.3) is 5.91 Å². The summed E-state index contributed by atoms with van der Waals surface area (Å²) in [4.78, 5) is 16.1. The van der Waals surface area contributed by atoms with E-state index >= 15 is 0 Å². The molecule has 0 fully saturated rings. The van der Waals surface area contributed by atoms with Gasteiger partial charge in [0, 0.05) is 24.0 Å². The molecule has 1 heterocycles. The van der Waals surface area contributed by atoms with Crippen LogP contribution in [0.2, 0.25) is 5.02 Å². The van der Waals surface area contributed by atoms with Crippen molar-refractivity contribution in [2.24, 2.45) is 0 Å². The average molecular weight is 276 g/mol. The number of pyridine rings is 1. The summed E-state index contributed by atoms with van der Waals surface area (Å²) in [6.45, 7) is 2.34. The first-order valence-corrected chi connectivity index (χ1v) is 6.19. The molecule has 19 heavy (non-hydrogen) atoms. The maximum Gasteiger partial charge on any atom is 0.251 e. The molecule has 0 bridgehead atoms. The normalized spacial score (nSPS) is 10.2. The van der Waals surface area contributed by atoms with E-state index in [0.29, 0.717) is 22.8 Å². The van der Waals surface area contributed by atoms with Crippen LogP contribution >= 0.6 is 11.6 Å². The van der Waals surface area contributed by atoms with Crippen molar-refractivity contribution in [3.05, 3.63) is 58.4 Å². The molecule has 98 valence electrons. The number of anilines is 1. The van der Waals surface area contributed by atoms with Crippen molar-refractivity contribution in [1.29, 1.82) is 0 Å². The van der Waals surface area contributed by atoms with Gasteiger partial charge in [-0.2, -0.15) is 0 Å². The summed E-state index contributed by atoms with van der Waals surface area (Å²) in [5, 5.41) is 3.25. The number of nitrogens with one attached hydrogen (secondary N) is 1. The van der Waals surface area contributed by atoms with Crippen molar-refractivity contribution in [3.8, 4) is 0 Å². The lowest BCUT2D eigenvalue weighted by Crippen LogP contribution is -2.22. The Labute approximate surface area is 116 Å². The average Bonchev–Trinajstić information content (AvgIpc) is 2.41. The molecule has 0 spiro atoms. The van der Waals surface area contributed by atoms with Crippen LogP contribution in [0.25, 0.3) is 0 Å². The van der Waals surface area contributed by atoms with Crippen LogP contribution in [0.15, 0.2) is 36.5 Å². The number of aromatic nitrogens is 1. The summed E-state index contributed by atoms with van der Waals surface area (Å²) in [5.74, 6) is -0.191. The number of nitrogen functional groups attached to an aromatic ring is 1. The number of halogens is 1. The van der Waals surface area contributed by atoms with E-state index in [1.807, 2.05) is 19.1 Å². The van der Waals surface area contributed by atoms with Crippen LogP contribution in [0.5, 0.6) is 0 Å². The molecule has 0 atom stereocenters. The van der Waals surface area contributed by atoms with Gasteiger partial charge in [-0.25, -0.2) is 0 Å². The molecule has 0 unspecified atom stereocenters. The highest BCUT2D eigenvalue weighted by molar-refractivity contribution is 6.33. The lowest BCUT2D eigenvalue weighted by Gasteiger charge is -2.06. The third-order valence-corrected chi connectivity index (χ3v) is 3.03. The molecule has 0 radical (unpaired) electrons. The van der Waals surface area contributed by atoms with Gasteiger partial charge in [0.15, 0.2) is 0 Å². The summed E-state index contributed by atoms with van der Waals surface area (Å²) >= 11 is 5.81. The van der Waals surface area contributed by atoms with Gasteiger partial charge in [0.05, 0.1) is 10.7 Å². The molecule has 5 heteroatoms. The zero-order valence-corrected chi connectivity index (χ0v) is 11.2. The molecule has 1 aromatic carbocycles. The van der Waals surface area contributed by atoms with Crippen LogP contribution in [0.3, 0.4) is 0 Å². The number of aryl methyl sites for hydroxylation is 1. The number of amides is 1. The van der Waals surface area contributed by atoms with Crippen LogP contribution in [0, 0.1) is 6.92 Å². The third kappa shape index (κ3) is 3.45. The van der Waals surface area contributed by atoms with Crippen molar-refractivity contribution in [3.63, 3.8) is 0 Å². The van der Waals surface area contributed by atoms with E-state index < -0.39 is 0 Å². The van der Waals surface area contributed by atoms with Gasteiger partial charge in [0.2, 0.25) is 0 Å². The van der Waals surface area contributed by atoms with Gasteiger partial charge in [-0.3, -0.25) is 9.78 Å². The number of nitrogens with two attached hydrogens (primary N) is 1. The molecular formula is C14H14ClN3O. The monoisotopic (exact) mass is 275 g/mol. The number of nitrogens with zero attached hydrogens (tertiary/aromatic N) is 1. The lowest BCUT2D eigenvalue weighted by atomic mass is 10.2. The maximum atomic E-state index is 11.9. The number of rotatable bonds is 3. The second kappa shape index (κ2) is 5.71. The van der Waals surface area contributed by atoms with E-state index in [0.717, 1.165) is 11.3 Å². The molecule has 0 aliphatic rings. The Hall–Kier alpha value is -2.07. The number of hydrogen-bond donors (Lipinski definition) is 2. The minimum absolute atomic E-state index is 0.191. The minimum atomic E-state index is -0.191. The maximum absolute atomic E-state index is 11.9. The Morgan fingerprint density at radius 2 is 2.16 bits per heavy atom. The number of carbonyl (C=O) groups is 1. The topological polar surface area (TPSA) is 68.0 Å². The third-order valence-electron chi connectivity index (χ3n) is 2.68. The standard InChI is InChI=1S/C14H14ClN3O/c1-9-2-3-10(7-17-9)8-18-14(19)11-4-5-12(15)13(16)6-11/h2-7H,8,16H2,1H3,(H,18,19). The molecule has 1 amide bonds. The van der Waals surface area contributed by atoms with Crippen molar-refractivity contribution >= 4 is 23.2 Å². The summed E-state index contributed by atoms with van der Waals surface area (Å²) in [7, 11) is 0. The van der Waals surface area contributed by atoms with Crippen LogP contribution in [0.1, 0.15) is 21.6 Å². The highest BCUT2D eigenvalue weighted by Gasteiger charge is 2.07. The summed E-state index contributed by atoms with van der Waals surface area (Å²) < 4.78 is 0. The first-order chi connectivity index (χ1) is 9.06. The van der Waals surface area contributed by atoms with Crippen molar-refractivity contribution in [2.75, 3.05) is 5.73 Å². The lowest BCUT2D eigenvalue weighted by molar-refractivity contribution is 0.0951. The van der Waals surface area contributed by atoms with Gasteiger partial charge in [-0.1, -0.05) is 17.7 Å². The summed E-state index contributed by atoms with van der Waals surface area (Å²) in [5.41, 5.74) is 8.43. The predicted molar refractivity (Wildman–Crippen MR) is 76.0 cm³/mol. The molecule has 2 aromatic rings. The second-order valence-electron chi connectivity index (χ2n) is 4.23. The van der Waals surface area contributed by atoms with Crippen LogP contribution in [0.4, 0.5) is 5.69 Å². The first-order valence-electron chi connectivity index (χ1n) is 5.81. The largest absolute Gasteiger partial charge is 0.398 e. The van der Waals surface area contributed by atoms with Gasteiger partial charge in [-0.15, -0.1) is 0 Å². The molecule has 4 nitrogen and oxygen atoms in total. The second-order valence-corrected chi connectivity index (χ2v) is 4.63. The minimum Gasteiger partial charge on any atom is -0.398 e. The van der Waals surface area contributed by atoms with E-state index in [1.54, 1.807) is 24.4 Å². The highest BCUT2D eigenvalue weighted by atomic mass is 35.5. The molecular weight excluding hydrogens is 262 g/mol. The predicted octanol–water partition coefficient (Wildman–Crippen LogP) is 2.56. The molecule has 0 saturated heterocycles. The molecule has 3 N–H and O–H groups in total. The fourth-order valence-corrected chi connectivity index (χ4v) is 1.69. The van der Waals surface area contributed by atoms with Crippen LogP contribution in [-0.4, -0.2) is 10.9 Å². The fraction of sp³-hybridized carbons (Fsp3) is 0.143. The first kappa shape index (κ1) is 13.4. The van der Waals surface area contributed by atoms with Crippen molar-refractivity contribution in [1.82, 2.24) is 10.3 Å². The molecule has 0 saturated carbocycles. The van der Waals surface area contributed by atoms with Gasteiger partial charge in [-0.05, 0) is 36.8 Å². The van der Waals surface area contributed by atoms with E-state index in [9.17, 15) is 4.79 Å². The van der Waals surface area contributed by atoms with Gasteiger partial charge in [0.1, 0.15) is 0 Å². The van der Waals surface area contributed by atoms with Gasteiger partial charge < -0.3 is 11.1 Å². The zero-order chi connectivity index (χ0) is 13.8. The molecule has 1 aromatic heterocycles. The van der Waals surface area contributed by atoms with E-state index in [1.165, 1.54) is 0 Å². The summed E-state index contributed by atoms with van der Waals surface area (Å²) in [6, 6.07) is 8.65. The van der Waals surface area contributed by atoms with Gasteiger partial charge >= 0.3 is 0 Å². The Morgan fingerprint density at radius 1 is 1.37 bits per heavy atom. The smallest absolute Gasteiger partial charge is 0.251 e. The molecule has 0 aliphatic carbocycles. The Bertz CT molecular complexity index is 596. The quantitative estimate of drug-likeness (QED) is 0.846. The number of benzene rings is 1. The molecule has 2 rings (SSSR count). The summed E-state index contributed by atoms with van der Waals surface area (Å²) in [6.07, 6.45) is 1.74. The number of hydrogen-bond acceptors (Lipinski definition) is 3. The van der Waals surface area contributed by atoms with E-state index in [2.05, 4.69) is 10.3 Å². The fourth-order valence-electron chi connectivity index (χ4n) is 1.57. The van der Waals surface area contributed by atoms with Crippen LogP contribution < -0.4 is 11.1 Å². The Kier molecular flexibility index (Phi) is 4.02. The highest BCUT2D eigenvalue weighted by Crippen LogP contribution is 2.19. The zero-order valence-electron chi connectivity index (χ0n) is 10.5. The molecule has 0 aliphatic heterocycles. The van der Waals surface area contributed by atoms with E-state index in [4.69, 9.17) is 17.3 Å². The van der Waals surface area contributed by atoms with Crippen LogP contribution in [-0.2, 0) is 6.54 Å².